The highest BCUT2D eigenvalue weighted by atomic mass is 79.9. The molecule has 3 nitrogen and oxygen atoms in total. The van der Waals surface area contributed by atoms with Gasteiger partial charge in [-0.2, -0.15) is 0 Å². The van der Waals surface area contributed by atoms with Gasteiger partial charge in [0.1, 0.15) is 0 Å². The van der Waals surface area contributed by atoms with Crippen LogP contribution in [0.25, 0.3) is 0 Å². The van der Waals surface area contributed by atoms with Crippen LogP contribution in [0.4, 0.5) is 0 Å². The second-order valence-electron chi connectivity index (χ2n) is 3.38. The topological polar surface area (TPSA) is 57.5 Å². The number of hydrogen-bond donors (Lipinski definition) is 2. The van der Waals surface area contributed by atoms with Crippen molar-refractivity contribution in [3.05, 3.63) is 33.8 Å². The predicted molar refractivity (Wildman–Crippen MR) is 65.8 cm³/mol. The molecule has 0 saturated carbocycles. The number of aryl methyl sites for hydroxylation is 1. The largest absolute Gasteiger partial charge is 0.479 e. The summed E-state index contributed by atoms with van der Waals surface area (Å²) in [5, 5.41) is 18.3. The first-order valence-electron chi connectivity index (χ1n) is 4.81. The molecule has 1 unspecified atom stereocenters. The van der Waals surface area contributed by atoms with Gasteiger partial charge in [0.15, 0.2) is 6.10 Å². The van der Waals surface area contributed by atoms with Crippen molar-refractivity contribution < 1.29 is 15.0 Å². The fourth-order valence-corrected chi connectivity index (χ4v) is 1.99. The third-order valence-electron chi connectivity index (χ3n) is 2.21. The lowest BCUT2D eigenvalue weighted by Gasteiger charge is -2.12. The van der Waals surface area contributed by atoms with E-state index in [2.05, 4.69) is 15.9 Å². The van der Waals surface area contributed by atoms with Crippen LogP contribution in [0.5, 0.6) is 0 Å². The van der Waals surface area contributed by atoms with Gasteiger partial charge in [-0.3, -0.25) is 0 Å². The number of carboxylic acid groups (broad SMARTS) is 1. The molecule has 1 aromatic rings. The van der Waals surface area contributed by atoms with Crippen LogP contribution in [-0.4, -0.2) is 22.1 Å². The van der Waals surface area contributed by atoms with E-state index in [9.17, 15) is 9.90 Å². The van der Waals surface area contributed by atoms with Gasteiger partial charge < -0.3 is 10.2 Å². The fraction of sp³-hybridized carbons (Fsp3) is 0.364. The van der Waals surface area contributed by atoms with E-state index in [1.54, 1.807) is 12.1 Å². The van der Waals surface area contributed by atoms with Gasteiger partial charge in [0, 0.05) is 10.4 Å². The van der Waals surface area contributed by atoms with E-state index in [4.69, 9.17) is 16.7 Å². The first kappa shape index (κ1) is 13.5. The van der Waals surface area contributed by atoms with Crippen molar-refractivity contribution in [3.8, 4) is 0 Å². The number of aliphatic hydroxyl groups excluding tert-OH is 1. The summed E-state index contributed by atoms with van der Waals surface area (Å²) in [4.78, 5) is 10.7. The maximum atomic E-state index is 10.7. The minimum atomic E-state index is -1.47. The van der Waals surface area contributed by atoms with Gasteiger partial charge in [0.05, 0.1) is 0 Å². The Labute approximate surface area is 107 Å². The van der Waals surface area contributed by atoms with Crippen LogP contribution in [-0.2, 0) is 11.2 Å². The molecule has 0 aliphatic rings. The smallest absolute Gasteiger partial charge is 0.337 e. The zero-order valence-electron chi connectivity index (χ0n) is 8.49. The van der Waals surface area contributed by atoms with Crippen molar-refractivity contribution in [2.24, 2.45) is 0 Å². The van der Waals surface area contributed by atoms with E-state index < -0.39 is 12.1 Å². The molecule has 16 heavy (non-hydrogen) atoms. The van der Waals surface area contributed by atoms with Crippen molar-refractivity contribution >= 4 is 33.5 Å². The fourth-order valence-electron chi connectivity index (χ4n) is 1.45. The summed E-state index contributed by atoms with van der Waals surface area (Å²) in [6.45, 7) is 0. The van der Waals surface area contributed by atoms with Crippen LogP contribution >= 0.6 is 27.5 Å². The SMILES string of the molecule is O=C(O)C(O)c1ccc(Br)cc1CCCCl. The number of alkyl halides is 1. The molecule has 0 aromatic heterocycles. The van der Waals surface area contributed by atoms with E-state index >= 15 is 0 Å². The van der Waals surface area contributed by atoms with Gasteiger partial charge in [-0.05, 0) is 36.1 Å². The highest BCUT2D eigenvalue weighted by Gasteiger charge is 2.19. The minimum absolute atomic E-state index is 0.431. The number of halogens is 2. The molecule has 0 aliphatic carbocycles. The first-order valence-corrected chi connectivity index (χ1v) is 6.14. The second-order valence-corrected chi connectivity index (χ2v) is 4.67. The lowest BCUT2D eigenvalue weighted by molar-refractivity contribution is -0.147. The first-order chi connectivity index (χ1) is 7.56. The van der Waals surface area contributed by atoms with Crippen LogP contribution in [0, 0.1) is 0 Å². The molecule has 88 valence electrons. The molecule has 0 heterocycles. The average molecular weight is 308 g/mol. The van der Waals surface area contributed by atoms with E-state index in [1.807, 2.05) is 6.07 Å². The van der Waals surface area contributed by atoms with Gasteiger partial charge >= 0.3 is 5.97 Å². The van der Waals surface area contributed by atoms with Gasteiger partial charge in [-0.25, -0.2) is 4.79 Å². The Bertz CT molecular complexity index is 381. The summed E-state index contributed by atoms with van der Waals surface area (Å²) in [6, 6.07) is 5.15. The second kappa shape index (κ2) is 6.23. The van der Waals surface area contributed by atoms with Crippen molar-refractivity contribution in [2.75, 3.05) is 5.88 Å². The molecular weight excluding hydrogens is 295 g/mol. The van der Waals surface area contributed by atoms with Crippen molar-refractivity contribution in [1.29, 1.82) is 0 Å². The van der Waals surface area contributed by atoms with Gasteiger partial charge in [0.2, 0.25) is 0 Å². The van der Waals surface area contributed by atoms with E-state index in [-0.39, 0.29) is 0 Å². The summed E-state index contributed by atoms with van der Waals surface area (Å²) in [5.41, 5.74) is 1.24. The molecule has 0 saturated heterocycles. The third-order valence-corrected chi connectivity index (χ3v) is 2.97. The Morgan fingerprint density at radius 1 is 1.50 bits per heavy atom. The Morgan fingerprint density at radius 3 is 2.75 bits per heavy atom. The molecular formula is C11H12BrClO3. The molecule has 1 aromatic carbocycles. The molecule has 5 heteroatoms. The maximum Gasteiger partial charge on any atom is 0.337 e. The summed E-state index contributed by atoms with van der Waals surface area (Å²) in [7, 11) is 0. The number of benzene rings is 1. The van der Waals surface area contributed by atoms with Gasteiger partial charge in [-0.1, -0.05) is 22.0 Å². The minimum Gasteiger partial charge on any atom is -0.479 e. The van der Waals surface area contributed by atoms with Crippen molar-refractivity contribution in [1.82, 2.24) is 0 Å². The number of rotatable bonds is 5. The molecule has 0 amide bonds. The van der Waals surface area contributed by atoms with Gasteiger partial charge in [-0.15, -0.1) is 11.6 Å². The zero-order chi connectivity index (χ0) is 12.1. The highest BCUT2D eigenvalue weighted by molar-refractivity contribution is 9.10. The lowest BCUT2D eigenvalue weighted by Crippen LogP contribution is -2.12. The molecule has 2 N–H and O–H groups in total. The maximum absolute atomic E-state index is 10.7. The summed E-state index contributed by atoms with van der Waals surface area (Å²) >= 11 is 8.91. The van der Waals surface area contributed by atoms with Crippen LogP contribution in [0.1, 0.15) is 23.7 Å². The van der Waals surface area contributed by atoms with Gasteiger partial charge in [0.25, 0.3) is 0 Å². The summed E-state index contributed by atoms with van der Waals surface area (Å²) in [6.07, 6.45) is -0.0709. The monoisotopic (exact) mass is 306 g/mol. The Morgan fingerprint density at radius 2 is 2.19 bits per heavy atom. The molecule has 0 aliphatic heterocycles. The van der Waals surface area contributed by atoms with Crippen LogP contribution < -0.4 is 0 Å². The number of aliphatic hydroxyl groups is 1. The molecule has 0 bridgehead atoms. The van der Waals surface area contributed by atoms with Crippen molar-refractivity contribution in [2.45, 2.75) is 18.9 Å². The summed E-state index contributed by atoms with van der Waals surface area (Å²) < 4.78 is 0.860. The molecule has 0 spiro atoms. The zero-order valence-corrected chi connectivity index (χ0v) is 10.8. The Balaban J connectivity index is 3.01. The van der Waals surface area contributed by atoms with E-state index in [0.29, 0.717) is 17.9 Å². The predicted octanol–water partition coefficient (Wildman–Crippen LogP) is 2.74. The number of carboxylic acids is 1. The number of aliphatic carboxylic acids is 1. The number of carbonyl (C=O) groups is 1. The quantitative estimate of drug-likeness (QED) is 0.822. The lowest BCUT2D eigenvalue weighted by atomic mass is 9.99. The normalized spacial score (nSPS) is 12.4. The summed E-state index contributed by atoms with van der Waals surface area (Å²) in [5.74, 6) is -0.732. The number of hydrogen-bond acceptors (Lipinski definition) is 2. The molecule has 0 fully saturated rings. The molecule has 0 radical (unpaired) electrons. The van der Waals surface area contributed by atoms with E-state index in [0.717, 1.165) is 16.5 Å². The van der Waals surface area contributed by atoms with Crippen LogP contribution in [0.15, 0.2) is 22.7 Å². The third kappa shape index (κ3) is 3.47. The van der Waals surface area contributed by atoms with Crippen molar-refractivity contribution in [3.63, 3.8) is 0 Å². The Hall–Kier alpha value is -0.580. The highest BCUT2D eigenvalue weighted by Crippen LogP contribution is 2.24. The Kier molecular flexibility index (Phi) is 5.25. The molecule has 1 rings (SSSR count). The standard InChI is InChI=1S/C11H12BrClO3/c12-8-3-4-9(10(14)11(15)16)7(6-8)2-1-5-13/h3-4,6,10,14H,1-2,5H2,(H,15,16). The molecule has 1 atom stereocenters. The van der Waals surface area contributed by atoms with E-state index in [1.165, 1.54) is 0 Å². The van der Waals surface area contributed by atoms with Crippen LogP contribution in [0.3, 0.4) is 0 Å². The average Bonchev–Trinajstić information content (AvgIpc) is 2.25. The van der Waals surface area contributed by atoms with Crippen LogP contribution in [0.2, 0.25) is 0 Å².